The zero-order valence-corrected chi connectivity index (χ0v) is 9.03. The van der Waals surface area contributed by atoms with Crippen LogP contribution in [0.2, 0.25) is 0 Å². The molecule has 0 saturated carbocycles. The van der Waals surface area contributed by atoms with Crippen LogP contribution in [0.1, 0.15) is 39.0 Å². The summed E-state index contributed by atoms with van der Waals surface area (Å²) in [5.74, 6) is 0. The lowest BCUT2D eigenvalue weighted by Gasteiger charge is -2.10. The van der Waals surface area contributed by atoms with E-state index in [1.807, 2.05) is 5.06 Å². The number of unbranched alkanes of at least 4 members (excludes halogenated alkanes) is 4. The number of hydrogen-bond acceptors (Lipinski definition) is 3. The largest absolute Gasteiger partial charge is 0.374 e. The lowest BCUT2D eigenvalue weighted by molar-refractivity contribution is -0.0418. The third-order valence-electron chi connectivity index (χ3n) is 2.12. The fourth-order valence-electron chi connectivity index (χ4n) is 1.35. The first-order chi connectivity index (χ1) is 6.33. The molecule has 1 aliphatic heterocycles. The van der Waals surface area contributed by atoms with Gasteiger partial charge in [0.15, 0.2) is 0 Å². The second-order valence-corrected chi connectivity index (χ2v) is 3.70. The molecule has 4 heteroatoms. The summed E-state index contributed by atoms with van der Waals surface area (Å²) in [6.07, 6.45) is 6.47. The van der Waals surface area contributed by atoms with Crippen LogP contribution >= 0.6 is 12.2 Å². The topological polar surface area (TPSA) is 24.5 Å². The van der Waals surface area contributed by atoms with Gasteiger partial charge in [-0.05, 0) is 18.6 Å². The number of nitrogens with one attached hydrogen (secondary N) is 1. The fraction of sp³-hybridized carbons (Fsp3) is 0.889. The van der Waals surface area contributed by atoms with Gasteiger partial charge in [0.2, 0.25) is 0 Å². The Hall–Kier alpha value is -0.350. The summed E-state index contributed by atoms with van der Waals surface area (Å²) in [4.78, 5) is 5.22. The van der Waals surface area contributed by atoms with E-state index in [4.69, 9.17) is 17.1 Å². The monoisotopic (exact) mass is 202 g/mol. The third-order valence-corrected chi connectivity index (χ3v) is 2.34. The molecule has 0 aromatic heterocycles. The summed E-state index contributed by atoms with van der Waals surface area (Å²) in [5.41, 5.74) is 0. The van der Waals surface area contributed by atoms with E-state index in [0.717, 1.165) is 13.2 Å². The van der Waals surface area contributed by atoms with E-state index < -0.39 is 0 Å². The van der Waals surface area contributed by atoms with Gasteiger partial charge in [-0.1, -0.05) is 32.6 Å². The highest BCUT2D eigenvalue weighted by Crippen LogP contribution is 2.05. The van der Waals surface area contributed by atoms with Gasteiger partial charge in [0.1, 0.15) is 6.67 Å². The molecular formula is C9H18N2OS. The molecule has 0 spiro atoms. The Bertz CT molecular complexity index is 164. The van der Waals surface area contributed by atoms with Crippen LogP contribution in [0.15, 0.2) is 0 Å². The van der Waals surface area contributed by atoms with E-state index in [-0.39, 0.29) is 0 Å². The Labute approximate surface area is 85.4 Å². The Morgan fingerprint density at radius 2 is 2.15 bits per heavy atom. The minimum Gasteiger partial charge on any atom is -0.374 e. The van der Waals surface area contributed by atoms with E-state index in [2.05, 4.69) is 12.2 Å². The third kappa shape index (κ3) is 4.43. The predicted octanol–water partition coefficient (Wildman–Crippen LogP) is 2.04. The molecule has 0 bridgehead atoms. The predicted molar refractivity (Wildman–Crippen MR) is 57.2 cm³/mol. The summed E-state index contributed by atoms with van der Waals surface area (Å²) < 4.78 is 0. The molecule has 1 rings (SSSR count). The van der Waals surface area contributed by atoms with Crippen molar-refractivity contribution in [3.05, 3.63) is 0 Å². The van der Waals surface area contributed by atoms with Crippen molar-refractivity contribution < 1.29 is 4.84 Å². The van der Waals surface area contributed by atoms with Crippen molar-refractivity contribution in [1.82, 2.24) is 10.4 Å². The molecule has 76 valence electrons. The number of thiocarbonyl (C=S) groups is 1. The zero-order valence-electron chi connectivity index (χ0n) is 8.21. The van der Waals surface area contributed by atoms with Gasteiger partial charge in [0.05, 0.1) is 0 Å². The molecule has 0 unspecified atom stereocenters. The maximum Gasteiger partial charge on any atom is 0.279 e. The SMILES string of the molecule is CCCCCCCN1CNC(=S)O1. The zero-order chi connectivity index (χ0) is 9.52. The van der Waals surface area contributed by atoms with Gasteiger partial charge in [0.25, 0.3) is 5.17 Å². The van der Waals surface area contributed by atoms with E-state index >= 15 is 0 Å². The molecule has 1 heterocycles. The summed E-state index contributed by atoms with van der Waals surface area (Å²) in [6.45, 7) is 3.95. The Morgan fingerprint density at radius 3 is 2.77 bits per heavy atom. The minimum atomic E-state index is 0.508. The highest BCUT2D eigenvalue weighted by Gasteiger charge is 2.15. The van der Waals surface area contributed by atoms with Crippen LogP contribution in [0, 0.1) is 0 Å². The summed E-state index contributed by atoms with van der Waals surface area (Å²) in [5, 5.41) is 5.35. The fourth-order valence-corrected chi connectivity index (χ4v) is 1.52. The normalized spacial score (nSPS) is 17.2. The van der Waals surface area contributed by atoms with Crippen LogP contribution in [0.3, 0.4) is 0 Å². The molecule has 1 saturated heterocycles. The average molecular weight is 202 g/mol. The van der Waals surface area contributed by atoms with E-state index in [0.29, 0.717) is 5.17 Å². The smallest absolute Gasteiger partial charge is 0.279 e. The molecule has 0 radical (unpaired) electrons. The molecular weight excluding hydrogens is 184 g/mol. The molecule has 0 aliphatic carbocycles. The van der Waals surface area contributed by atoms with Crippen LogP contribution < -0.4 is 5.32 Å². The van der Waals surface area contributed by atoms with Gasteiger partial charge >= 0.3 is 0 Å². The molecule has 0 amide bonds. The lowest BCUT2D eigenvalue weighted by atomic mass is 10.1. The summed E-state index contributed by atoms with van der Waals surface area (Å²) in [6, 6.07) is 0. The summed E-state index contributed by atoms with van der Waals surface area (Å²) in [7, 11) is 0. The maximum absolute atomic E-state index is 5.22. The first-order valence-corrected chi connectivity index (χ1v) is 5.44. The van der Waals surface area contributed by atoms with E-state index in [1.165, 1.54) is 32.1 Å². The first-order valence-electron chi connectivity index (χ1n) is 5.03. The van der Waals surface area contributed by atoms with Crippen molar-refractivity contribution in [2.75, 3.05) is 13.2 Å². The van der Waals surface area contributed by atoms with Crippen molar-refractivity contribution in [1.29, 1.82) is 0 Å². The quantitative estimate of drug-likeness (QED) is 0.526. The molecule has 3 nitrogen and oxygen atoms in total. The van der Waals surface area contributed by atoms with Crippen LogP contribution in [-0.4, -0.2) is 23.5 Å². The van der Waals surface area contributed by atoms with Crippen molar-refractivity contribution in [3.8, 4) is 0 Å². The minimum absolute atomic E-state index is 0.508. The first kappa shape index (κ1) is 10.7. The Kier molecular flexibility index (Phi) is 5.08. The van der Waals surface area contributed by atoms with Gasteiger partial charge in [-0.15, -0.1) is 5.06 Å². The van der Waals surface area contributed by atoms with Crippen molar-refractivity contribution in [3.63, 3.8) is 0 Å². The highest BCUT2D eigenvalue weighted by molar-refractivity contribution is 7.80. The van der Waals surface area contributed by atoms with Crippen molar-refractivity contribution in [2.45, 2.75) is 39.0 Å². The number of hydrogen-bond donors (Lipinski definition) is 1. The molecule has 0 aromatic carbocycles. The number of hydroxylamine groups is 2. The number of rotatable bonds is 6. The van der Waals surface area contributed by atoms with E-state index in [9.17, 15) is 0 Å². The Balaban J connectivity index is 1.91. The average Bonchev–Trinajstić information content (AvgIpc) is 2.51. The second kappa shape index (κ2) is 6.16. The standard InChI is InChI=1S/C9H18N2OS/c1-2-3-4-5-6-7-11-8-10-9(13)12-11/h2-8H2,1H3,(H,10,13). The van der Waals surface area contributed by atoms with Crippen LogP contribution in [0.4, 0.5) is 0 Å². The molecule has 1 aliphatic rings. The molecule has 1 N–H and O–H groups in total. The highest BCUT2D eigenvalue weighted by atomic mass is 32.1. The molecule has 0 atom stereocenters. The number of nitrogens with zero attached hydrogens (tertiary/aromatic N) is 1. The van der Waals surface area contributed by atoms with Crippen LogP contribution in [0.5, 0.6) is 0 Å². The Morgan fingerprint density at radius 1 is 1.38 bits per heavy atom. The van der Waals surface area contributed by atoms with Crippen LogP contribution in [0.25, 0.3) is 0 Å². The molecule has 0 aromatic rings. The molecule has 1 fully saturated rings. The van der Waals surface area contributed by atoms with Gasteiger partial charge < -0.3 is 10.2 Å². The van der Waals surface area contributed by atoms with Gasteiger partial charge in [-0.25, -0.2) is 0 Å². The maximum atomic E-state index is 5.22. The van der Waals surface area contributed by atoms with Crippen molar-refractivity contribution >= 4 is 17.4 Å². The second-order valence-electron chi connectivity index (χ2n) is 3.33. The van der Waals surface area contributed by atoms with E-state index in [1.54, 1.807) is 0 Å². The van der Waals surface area contributed by atoms with Gasteiger partial charge in [-0.2, -0.15) is 0 Å². The van der Waals surface area contributed by atoms with Crippen LogP contribution in [-0.2, 0) is 4.84 Å². The lowest BCUT2D eigenvalue weighted by Crippen LogP contribution is -2.21. The summed E-state index contributed by atoms with van der Waals surface area (Å²) >= 11 is 4.84. The molecule has 13 heavy (non-hydrogen) atoms. The van der Waals surface area contributed by atoms with Crippen molar-refractivity contribution in [2.24, 2.45) is 0 Å². The van der Waals surface area contributed by atoms with Gasteiger partial charge in [0, 0.05) is 6.54 Å². The van der Waals surface area contributed by atoms with Gasteiger partial charge in [-0.3, -0.25) is 0 Å².